The first kappa shape index (κ1) is 26.1. The number of imidazole rings is 1. The van der Waals surface area contributed by atoms with Crippen molar-refractivity contribution in [1.29, 1.82) is 0 Å². The molecule has 1 heterocycles. The molecule has 0 atom stereocenters. The summed E-state index contributed by atoms with van der Waals surface area (Å²) in [6, 6.07) is 28.2. The van der Waals surface area contributed by atoms with Gasteiger partial charge in [-0.05, 0) is 49.9 Å². The highest BCUT2D eigenvalue weighted by Gasteiger charge is 2.20. The Morgan fingerprint density at radius 2 is 1.51 bits per heavy atom. The van der Waals surface area contributed by atoms with E-state index in [1.54, 1.807) is 0 Å². The first-order valence-corrected chi connectivity index (χ1v) is 13.1. The molecule has 192 valence electrons. The lowest BCUT2D eigenvalue weighted by Gasteiger charge is -2.27. The van der Waals surface area contributed by atoms with Gasteiger partial charge in [0.05, 0.1) is 11.0 Å². The van der Waals surface area contributed by atoms with Gasteiger partial charge in [-0.1, -0.05) is 72.8 Å². The van der Waals surface area contributed by atoms with Gasteiger partial charge in [-0.25, -0.2) is 4.98 Å². The zero-order chi connectivity index (χ0) is 26.0. The number of fused-ring (bicyclic) bond motifs is 1. The van der Waals surface area contributed by atoms with Crippen LogP contribution >= 0.6 is 0 Å². The molecular weight excluding hydrogens is 460 g/mol. The summed E-state index contributed by atoms with van der Waals surface area (Å²) >= 11 is 0. The summed E-state index contributed by atoms with van der Waals surface area (Å²) in [7, 11) is 0. The molecule has 1 aromatic heterocycles. The molecule has 0 saturated heterocycles. The van der Waals surface area contributed by atoms with Gasteiger partial charge in [0, 0.05) is 32.0 Å². The van der Waals surface area contributed by atoms with Crippen molar-refractivity contribution in [2.45, 2.75) is 58.7 Å². The van der Waals surface area contributed by atoms with Crippen molar-refractivity contribution in [3.63, 3.8) is 0 Å². The minimum absolute atomic E-state index is 0.0565. The van der Waals surface area contributed by atoms with Crippen molar-refractivity contribution < 1.29 is 9.59 Å². The van der Waals surface area contributed by atoms with Crippen LogP contribution in [0, 0.1) is 0 Å². The number of carbonyl (C=O) groups is 2. The predicted molar refractivity (Wildman–Crippen MR) is 148 cm³/mol. The van der Waals surface area contributed by atoms with Gasteiger partial charge in [0.1, 0.15) is 12.4 Å². The van der Waals surface area contributed by atoms with E-state index in [4.69, 9.17) is 4.98 Å². The monoisotopic (exact) mass is 496 g/mol. The van der Waals surface area contributed by atoms with Crippen LogP contribution in [0.25, 0.3) is 11.0 Å². The summed E-state index contributed by atoms with van der Waals surface area (Å²) in [5.41, 5.74) is 4.12. The molecule has 37 heavy (non-hydrogen) atoms. The first-order chi connectivity index (χ1) is 18.0. The Balaban J connectivity index is 1.38. The Kier molecular flexibility index (Phi) is 9.08. The normalized spacial score (nSPS) is 11.1. The lowest BCUT2D eigenvalue weighted by Crippen LogP contribution is -2.38. The van der Waals surface area contributed by atoms with Crippen LogP contribution in [0.2, 0.25) is 0 Å². The van der Waals surface area contributed by atoms with Gasteiger partial charge in [-0.2, -0.15) is 0 Å². The zero-order valence-corrected chi connectivity index (χ0v) is 21.8. The first-order valence-electron chi connectivity index (χ1n) is 13.1. The average molecular weight is 497 g/mol. The Bertz CT molecular complexity index is 1300. The van der Waals surface area contributed by atoms with Gasteiger partial charge in [-0.3, -0.25) is 9.59 Å². The second kappa shape index (κ2) is 12.9. The molecule has 0 aliphatic heterocycles. The molecule has 4 rings (SSSR count). The third-order valence-electron chi connectivity index (χ3n) is 6.55. The number of hydrogen-bond donors (Lipinski definition) is 1. The highest BCUT2D eigenvalue weighted by Crippen LogP contribution is 2.19. The summed E-state index contributed by atoms with van der Waals surface area (Å²) in [6.45, 7) is 5.50. The molecule has 0 bridgehead atoms. The van der Waals surface area contributed by atoms with Crippen molar-refractivity contribution in [1.82, 2.24) is 19.8 Å². The zero-order valence-electron chi connectivity index (χ0n) is 21.8. The molecule has 0 fully saturated rings. The van der Waals surface area contributed by atoms with Crippen molar-refractivity contribution >= 4 is 22.8 Å². The maximum Gasteiger partial charge on any atom is 0.243 e. The van der Waals surface area contributed by atoms with Gasteiger partial charge in [-0.15, -0.1) is 0 Å². The fourth-order valence-electron chi connectivity index (χ4n) is 4.52. The molecular formula is C31H36N4O2. The molecule has 0 spiro atoms. The molecule has 6 heteroatoms. The number of benzene rings is 3. The Labute approximate surface area is 219 Å². The minimum atomic E-state index is 0.0565. The van der Waals surface area contributed by atoms with Crippen LogP contribution in [-0.4, -0.2) is 38.9 Å². The van der Waals surface area contributed by atoms with E-state index in [1.807, 2.05) is 96.1 Å². The third kappa shape index (κ3) is 7.29. The Morgan fingerprint density at radius 1 is 0.865 bits per heavy atom. The van der Waals surface area contributed by atoms with Crippen LogP contribution in [0.1, 0.15) is 43.6 Å². The summed E-state index contributed by atoms with van der Waals surface area (Å²) in [5, 5.41) is 3.03. The van der Waals surface area contributed by atoms with E-state index in [-0.39, 0.29) is 24.4 Å². The predicted octanol–water partition coefficient (Wildman–Crippen LogP) is 5.16. The lowest BCUT2D eigenvalue weighted by molar-refractivity contribution is -0.134. The number of nitrogens with zero attached hydrogens (tertiary/aromatic N) is 3. The number of aryl methyl sites for hydroxylation is 2. The fraction of sp³-hybridized carbons (Fsp3) is 0.323. The molecule has 4 aromatic rings. The average Bonchev–Trinajstić information content (AvgIpc) is 3.26. The molecule has 0 saturated carbocycles. The van der Waals surface area contributed by atoms with Crippen molar-refractivity contribution in [3.8, 4) is 0 Å². The van der Waals surface area contributed by atoms with Crippen molar-refractivity contribution in [2.24, 2.45) is 0 Å². The van der Waals surface area contributed by atoms with Crippen LogP contribution in [-0.2, 0) is 35.5 Å². The SMILES string of the molecule is CC(C)N(Cc1ccccc1)C(=O)Cn1c(CCCNC(=O)CCc2ccccc2)nc2ccccc21. The number of hydrogen-bond acceptors (Lipinski definition) is 3. The smallest absolute Gasteiger partial charge is 0.243 e. The van der Waals surface area contributed by atoms with Crippen LogP contribution in [0.3, 0.4) is 0 Å². The van der Waals surface area contributed by atoms with Gasteiger partial charge >= 0.3 is 0 Å². The van der Waals surface area contributed by atoms with E-state index in [2.05, 4.69) is 17.4 Å². The van der Waals surface area contributed by atoms with E-state index >= 15 is 0 Å². The minimum Gasteiger partial charge on any atom is -0.356 e. The summed E-state index contributed by atoms with van der Waals surface area (Å²) in [4.78, 5) is 32.5. The number of amides is 2. The summed E-state index contributed by atoms with van der Waals surface area (Å²) in [6.07, 6.45) is 2.65. The van der Waals surface area contributed by atoms with Crippen molar-refractivity contribution in [2.75, 3.05) is 6.54 Å². The molecule has 0 radical (unpaired) electrons. The van der Waals surface area contributed by atoms with Crippen LogP contribution in [0.5, 0.6) is 0 Å². The van der Waals surface area contributed by atoms with E-state index in [1.165, 1.54) is 5.56 Å². The topological polar surface area (TPSA) is 67.2 Å². The Hall–Kier alpha value is -3.93. The maximum absolute atomic E-state index is 13.5. The van der Waals surface area contributed by atoms with Crippen LogP contribution in [0.4, 0.5) is 0 Å². The second-order valence-corrected chi connectivity index (χ2v) is 9.64. The number of rotatable bonds is 12. The quantitative estimate of drug-likeness (QED) is 0.276. The van der Waals surface area contributed by atoms with E-state index in [0.29, 0.717) is 25.9 Å². The lowest BCUT2D eigenvalue weighted by atomic mass is 10.1. The summed E-state index contributed by atoms with van der Waals surface area (Å²) in [5.74, 6) is 0.995. The second-order valence-electron chi connectivity index (χ2n) is 9.64. The van der Waals surface area contributed by atoms with Crippen molar-refractivity contribution in [3.05, 3.63) is 102 Å². The maximum atomic E-state index is 13.5. The molecule has 0 unspecified atom stereocenters. The van der Waals surface area contributed by atoms with Gasteiger partial charge in [0.25, 0.3) is 0 Å². The highest BCUT2D eigenvalue weighted by atomic mass is 16.2. The largest absolute Gasteiger partial charge is 0.356 e. The molecule has 1 N–H and O–H groups in total. The molecule has 2 amide bonds. The highest BCUT2D eigenvalue weighted by molar-refractivity contribution is 5.81. The summed E-state index contributed by atoms with van der Waals surface area (Å²) < 4.78 is 2.04. The van der Waals surface area contributed by atoms with Gasteiger partial charge in [0.2, 0.25) is 11.8 Å². The van der Waals surface area contributed by atoms with E-state index in [9.17, 15) is 9.59 Å². The standard InChI is InChI=1S/C31H36N4O2/c1-24(2)34(22-26-14-7-4-8-15-26)31(37)23-35-28-17-10-9-16-27(28)33-29(35)18-11-21-32-30(36)20-19-25-12-5-3-6-13-25/h3-10,12-17,24H,11,18-23H2,1-2H3,(H,32,36). The van der Waals surface area contributed by atoms with Crippen LogP contribution < -0.4 is 5.32 Å². The van der Waals surface area contributed by atoms with E-state index < -0.39 is 0 Å². The number of para-hydroxylation sites is 2. The number of nitrogens with one attached hydrogen (secondary N) is 1. The van der Waals surface area contributed by atoms with Gasteiger partial charge < -0.3 is 14.8 Å². The number of carbonyl (C=O) groups excluding carboxylic acids is 2. The van der Waals surface area contributed by atoms with Gasteiger partial charge in [0.15, 0.2) is 0 Å². The van der Waals surface area contributed by atoms with E-state index in [0.717, 1.165) is 35.3 Å². The molecule has 0 aliphatic rings. The molecule has 3 aromatic carbocycles. The Morgan fingerprint density at radius 3 is 2.22 bits per heavy atom. The number of aromatic nitrogens is 2. The third-order valence-corrected chi connectivity index (χ3v) is 6.55. The van der Waals surface area contributed by atoms with Crippen LogP contribution in [0.15, 0.2) is 84.9 Å². The fourth-order valence-corrected chi connectivity index (χ4v) is 4.52. The molecule has 0 aliphatic carbocycles. The molecule has 6 nitrogen and oxygen atoms in total.